The molecule has 0 aliphatic rings. The zero-order chi connectivity index (χ0) is 8.55. The lowest BCUT2D eigenvalue weighted by Crippen LogP contribution is -1.84. The summed E-state index contributed by atoms with van der Waals surface area (Å²) in [4.78, 5) is 8.17. The quantitative estimate of drug-likeness (QED) is 0.642. The van der Waals surface area contributed by atoms with E-state index in [2.05, 4.69) is 16.5 Å². The van der Waals surface area contributed by atoms with Gasteiger partial charge in [-0.25, -0.2) is 4.98 Å². The van der Waals surface area contributed by atoms with Gasteiger partial charge in [0.2, 0.25) is 0 Å². The summed E-state index contributed by atoms with van der Waals surface area (Å²) in [6.07, 6.45) is 1.39. The molecule has 0 N–H and O–H groups in total. The minimum Gasteiger partial charge on any atom is -0.442 e. The van der Waals surface area contributed by atoms with Crippen LogP contribution in [0, 0.1) is 0 Å². The number of fused-ring (bicyclic) bond motifs is 1. The molecular weight excluding hydrogens is 152 g/mol. The number of hydrogen-bond acceptors (Lipinski definition) is 3. The minimum atomic E-state index is 0.635. The van der Waals surface area contributed by atoms with Crippen LogP contribution in [0.3, 0.4) is 0 Å². The summed E-state index contributed by atoms with van der Waals surface area (Å²) in [5.41, 5.74) is 3.13. The second-order valence-electron chi connectivity index (χ2n) is 2.65. The van der Waals surface area contributed by atoms with Gasteiger partial charge < -0.3 is 4.42 Å². The molecule has 60 valence electrons. The van der Waals surface area contributed by atoms with Crippen molar-refractivity contribution in [1.29, 1.82) is 0 Å². The summed E-state index contributed by atoms with van der Waals surface area (Å²) in [6, 6.07) is 3.72. The van der Waals surface area contributed by atoms with Crippen LogP contribution in [0.25, 0.3) is 16.8 Å². The van der Waals surface area contributed by atoms with Crippen LogP contribution in [-0.2, 0) is 0 Å². The van der Waals surface area contributed by atoms with Gasteiger partial charge in [0, 0.05) is 0 Å². The summed E-state index contributed by atoms with van der Waals surface area (Å²) in [5.74, 6) is 0. The van der Waals surface area contributed by atoms with Gasteiger partial charge in [-0.3, -0.25) is 0 Å². The second kappa shape index (κ2) is 2.44. The van der Waals surface area contributed by atoms with Crippen molar-refractivity contribution in [2.75, 3.05) is 0 Å². The second-order valence-corrected chi connectivity index (χ2v) is 2.65. The number of oxazole rings is 1. The molecule has 3 heteroatoms. The fourth-order valence-corrected chi connectivity index (χ4v) is 0.991. The van der Waals surface area contributed by atoms with Crippen molar-refractivity contribution in [2.45, 2.75) is 6.92 Å². The molecule has 2 heterocycles. The van der Waals surface area contributed by atoms with Crippen molar-refractivity contribution in [1.82, 2.24) is 9.97 Å². The molecule has 12 heavy (non-hydrogen) atoms. The Balaban J connectivity index is 2.68. The van der Waals surface area contributed by atoms with Crippen LogP contribution in [-0.4, -0.2) is 9.97 Å². The first-order valence-electron chi connectivity index (χ1n) is 3.63. The molecule has 0 fully saturated rings. The first kappa shape index (κ1) is 7.03. The maximum atomic E-state index is 5.05. The van der Waals surface area contributed by atoms with Crippen LogP contribution in [0.5, 0.6) is 0 Å². The Morgan fingerprint density at radius 1 is 1.50 bits per heavy atom. The maximum absolute atomic E-state index is 5.05. The average Bonchev–Trinajstić information content (AvgIpc) is 2.49. The Morgan fingerprint density at radius 2 is 2.33 bits per heavy atom. The lowest BCUT2D eigenvalue weighted by molar-refractivity contribution is 0.602. The number of allylic oxidation sites excluding steroid dienone is 1. The number of nitrogens with zero attached hydrogens (tertiary/aromatic N) is 2. The Hall–Kier alpha value is -1.64. The molecule has 0 unspecified atom stereocenters. The predicted octanol–water partition coefficient (Wildman–Crippen LogP) is 2.26. The van der Waals surface area contributed by atoms with E-state index in [1.165, 1.54) is 6.39 Å². The highest BCUT2D eigenvalue weighted by atomic mass is 16.3. The Morgan fingerprint density at radius 3 is 3.08 bits per heavy atom. The number of hydrogen-bond donors (Lipinski definition) is 0. The molecule has 0 atom stereocenters. The maximum Gasteiger partial charge on any atom is 0.199 e. The van der Waals surface area contributed by atoms with Crippen LogP contribution < -0.4 is 0 Å². The summed E-state index contributed by atoms with van der Waals surface area (Å²) in [5, 5.41) is 0. The van der Waals surface area contributed by atoms with Gasteiger partial charge in [0.25, 0.3) is 0 Å². The standard InChI is InChI=1S/C9H8N2O/c1-6(2)7-3-4-8-9(11-7)10-5-12-8/h3-5H,1H2,2H3. The summed E-state index contributed by atoms with van der Waals surface area (Å²) in [7, 11) is 0. The molecule has 3 nitrogen and oxygen atoms in total. The fraction of sp³-hybridized carbons (Fsp3) is 0.111. The molecular formula is C9H8N2O. The van der Waals surface area contributed by atoms with Gasteiger partial charge >= 0.3 is 0 Å². The van der Waals surface area contributed by atoms with E-state index < -0.39 is 0 Å². The topological polar surface area (TPSA) is 38.9 Å². The SMILES string of the molecule is C=C(C)c1ccc2ocnc2n1. The zero-order valence-corrected chi connectivity index (χ0v) is 6.74. The molecule has 0 radical (unpaired) electrons. The van der Waals surface area contributed by atoms with Gasteiger partial charge in [-0.05, 0) is 24.6 Å². The van der Waals surface area contributed by atoms with Gasteiger partial charge in [0.05, 0.1) is 5.69 Å². The van der Waals surface area contributed by atoms with Crippen LogP contribution in [0.1, 0.15) is 12.6 Å². The van der Waals surface area contributed by atoms with Crippen LogP contribution in [0.2, 0.25) is 0 Å². The van der Waals surface area contributed by atoms with Crippen molar-refractivity contribution in [3.8, 4) is 0 Å². The normalized spacial score (nSPS) is 10.4. The molecule has 0 saturated heterocycles. The molecule has 2 rings (SSSR count). The van der Waals surface area contributed by atoms with Crippen LogP contribution in [0.4, 0.5) is 0 Å². The summed E-state index contributed by atoms with van der Waals surface area (Å²) in [6.45, 7) is 5.71. The lowest BCUT2D eigenvalue weighted by atomic mass is 10.2. The highest BCUT2D eigenvalue weighted by molar-refractivity contribution is 5.71. The average molecular weight is 160 g/mol. The zero-order valence-electron chi connectivity index (χ0n) is 6.74. The van der Waals surface area contributed by atoms with Crippen molar-refractivity contribution >= 4 is 16.8 Å². The Bertz CT molecular complexity index is 431. The van der Waals surface area contributed by atoms with E-state index in [1.54, 1.807) is 0 Å². The van der Waals surface area contributed by atoms with Crippen molar-refractivity contribution in [3.63, 3.8) is 0 Å². The fourth-order valence-electron chi connectivity index (χ4n) is 0.991. The third kappa shape index (κ3) is 0.993. The smallest absolute Gasteiger partial charge is 0.199 e. The van der Waals surface area contributed by atoms with E-state index in [4.69, 9.17) is 4.42 Å². The largest absolute Gasteiger partial charge is 0.442 e. The summed E-state index contributed by atoms with van der Waals surface area (Å²) < 4.78 is 5.05. The van der Waals surface area contributed by atoms with E-state index in [1.807, 2.05) is 19.1 Å². The molecule has 0 aliphatic carbocycles. The molecule has 0 aromatic carbocycles. The predicted molar refractivity (Wildman–Crippen MR) is 46.5 cm³/mol. The first-order valence-corrected chi connectivity index (χ1v) is 3.63. The van der Waals surface area contributed by atoms with Crippen molar-refractivity contribution < 1.29 is 4.42 Å². The molecule has 0 bridgehead atoms. The molecule has 2 aromatic heterocycles. The lowest BCUT2D eigenvalue weighted by Gasteiger charge is -1.95. The van der Waals surface area contributed by atoms with E-state index in [0.717, 1.165) is 11.3 Å². The first-order chi connectivity index (χ1) is 5.77. The molecule has 0 amide bonds. The molecule has 0 saturated carbocycles. The van der Waals surface area contributed by atoms with E-state index >= 15 is 0 Å². The Labute approximate surface area is 69.8 Å². The van der Waals surface area contributed by atoms with E-state index in [-0.39, 0.29) is 0 Å². The third-order valence-electron chi connectivity index (χ3n) is 1.63. The number of pyridine rings is 1. The number of rotatable bonds is 1. The van der Waals surface area contributed by atoms with Crippen LogP contribution in [0.15, 0.2) is 29.5 Å². The van der Waals surface area contributed by atoms with Gasteiger partial charge in [-0.1, -0.05) is 6.58 Å². The highest BCUT2D eigenvalue weighted by Crippen LogP contribution is 2.14. The number of aromatic nitrogens is 2. The minimum absolute atomic E-state index is 0.635. The van der Waals surface area contributed by atoms with Gasteiger partial charge in [-0.15, -0.1) is 0 Å². The highest BCUT2D eigenvalue weighted by Gasteiger charge is 2.01. The molecule has 0 spiro atoms. The van der Waals surface area contributed by atoms with Gasteiger partial charge in [-0.2, -0.15) is 4.98 Å². The van der Waals surface area contributed by atoms with E-state index in [0.29, 0.717) is 11.2 Å². The third-order valence-corrected chi connectivity index (χ3v) is 1.63. The molecule has 2 aromatic rings. The van der Waals surface area contributed by atoms with Crippen molar-refractivity contribution in [2.24, 2.45) is 0 Å². The monoisotopic (exact) mass is 160 g/mol. The molecule has 0 aliphatic heterocycles. The summed E-state index contributed by atoms with van der Waals surface area (Å²) >= 11 is 0. The van der Waals surface area contributed by atoms with Gasteiger partial charge in [0.15, 0.2) is 17.6 Å². The van der Waals surface area contributed by atoms with Crippen molar-refractivity contribution in [3.05, 3.63) is 30.8 Å². The van der Waals surface area contributed by atoms with Crippen LogP contribution >= 0.6 is 0 Å². The van der Waals surface area contributed by atoms with Gasteiger partial charge in [0.1, 0.15) is 0 Å². The Kier molecular flexibility index (Phi) is 1.43. The van der Waals surface area contributed by atoms with E-state index in [9.17, 15) is 0 Å².